The molecule has 0 spiro atoms. The van der Waals surface area contributed by atoms with Gasteiger partial charge in [0.1, 0.15) is 11.3 Å². The molecule has 1 aliphatic heterocycles. The van der Waals surface area contributed by atoms with E-state index in [-0.39, 0.29) is 5.57 Å². The van der Waals surface area contributed by atoms with Crippen LogP contribution in [0, 0.1) is 0 Å². The normalized spacial score (nSPS) is 14.8. The van der Waals surface area contributed by atoms with Crippen molar-refractivity contribution in [3.05, 3.63) is 65.8 Å². The summed E-state index contributed by atoms with van der Waals surface area (Å²) in [6, 6.07) is 9.04. The molecular weight excluding hydrogens is 424 g/mol. The van der Waals surface area contributed by atoms with E-state index in [1.807, 2.05) is 6.92 Å². The molecule has 0 atom stereocenters. The van der Waals surface area contributed by atoms with Gasteiger partial charge in [-0.3, -0.25) is 14.9 Å². The molecule has 1 aliphatic rings. The molecule has 1 saturated heterocycles. The van der Waals surface area contributed by atoms with Crippen molar-refractivity contribution in [3.63, 3.8) is 0 Å². The van der Waals surface area contributed by atoms with Crippen LogP contribution < -0.4 is 24.4 Å². The highest BCUT2D eigenvalue weighted by Crippen LogP contribution is 2.35. The Kier molecular flexibility index (Phi) is 7.50. The van der Waals surface area contributed by atoms with Crippen LogP contribution in [-0.2, 0) is 16.0 Å². The first-order valence-electron chi connectivity index (χ1n) is 10.4. The second-order valence-corrected chi connectivity index (χ2v) is 7.21. The summed E-state index contributed by atoms with van der Waals surface area (Å²) in [5.41, 5.74) is 1.48. The van der Waals surface area contributed by atoms with Gasteiger partial charge >= 0.3 is 6.03 Å². The maximum Gasteiger partial charge on any atom is 0.335 e. The van der Waals surface area contributed by atoms with Crippen LogP contribution in [0.3, 0.4) is 0 Å². The number of hydrogen-bond donors (Lipinski definition) is 1. The number of carbonyl (C=O) groups excluding carboxylic acids is 3. The van der Waals surface area contributed by atoms with Crippen LogP contribution in [0.4, 0.5) is 10.5 Å². The van der Waals surface area contributed by atoms with E-state index in [1.54, 1.807) is 42.5 Å². The number of benzene rings is 2. The van der Waals surface area contributed by atoms with E-state index in [1.165, 1.54) is 20.3 Å². The van der Waals surface area contributed by atoms with Crippen LogP contribution in [0.2, 0.25) is 0 Å². The third-order valence-corrected chi connectivity index (χ3v) is 4.93. The molecule has 4 amide bonds. The average molecular weight is 450 g/mol. The topological polar surface area (TPSA) is 94.2 Å². The summed E-state index contributed by atoms with van der Waals surface area (Å²) in [4.78, 5) is 39.0. The summed E-state index contributed by atoms with van der Waals surface area (Å²) in [5.74, 6) is 0.134. The van der Waals surface area contributed by atoms with Crippen LogP contribution >= 0.6 is 0 Å². The largest absolute Gasteiger partial charge is 0.497 e. The predicted molar refractivity (Wildman–Crippen MR) is 125 cm³/mol. The van der Waals surface area contributed by atoms with Crippen molar-refractivity contribution in [2.75, 3.05) is 25.7 Å². The van der Waals surface area contributed by atoms with Crippen LogP contribution in [0.25, 0.3) is 6.08 Å². The number of hydrogen-bond acceptors (Lipinski definition) is 6. The lowest BCUT2D eigenvalue weighted by molar-refractivity contribution is -0.122. The first-order chi connectivity index (χ1) is 15.9. The Morgan fingerprint density at radius 3 is 2.39 bits per heavy atom. The van der Waals surface area contributed by atoms with Gasteiger partial charge in [-0.15, -0.1) is 6.58 Å². The molecular formula is C25H26N2O6. The number of methoxy groups -OCH3 is 2. The van der Waals surface area contributed by atoms with E-state index in [0.717, 1.165) is 16.9 Å². The van der Waals surface area contributed by atoms with Gasteiger partial charge in [0, 0.05) is 5.56 Å². The van der Waals surface area contributed by atoms with Gasteiger partial charge in [0.05, 0.1) is 26.5 Å². The molecule has 1 N–H and O–H groups in total. The van der Waals surface area contributed by atoms with Crippen molar-refractivity contribution in [1.29, 1.82) is 0 Å². The maximum atomic E-state index is 13.2. The fraction of sp³-hybridized carbons (Fsp3) is 0.240. The maximum absolute atomic E-state index is 13.2. The molecule has 172 valence electrons. The highest BCUT2D eigenvalue weighted by Gasteiger charge is 2.36. The van der Waals surface area contributed by atoms with Crippen LogP contribution in [0.5, 0.6) is 17.2 Å². The zero-order chi connectivity index (χ0) is 24.0. The zero-order valence-electron chi connectivity index (χ0n) is 18.8. The average Bonchev–Trinajstić information content (AvgIpc) is 2.81. The molecule has 0 aliphatic carbocycles. The van der Waals surface area contributed by atoms with Gasteiger partial charge in [-0.1, -0.05) is 13.0 Å². The fourth-order valence-electron chi connectivity index (χ4n) is 3.38. The van der Waals surface area contributed by atoms with Crippen molar-refractivity contribution >= 4 is 29.6 Å². The van der Waals surface area contributed by atoms with Gasteiger partial charge in [0.15, 0.2) is 11.5 Å². The van der Waals surface area contributed by atoms with Crippen molar-refractivity contribution in [2.45, 2.75) is 19.8 Å². The SMILES string of the molecule is C=CCc1cc(/C=C2\C(=O)NC(=O)N(c3ccc(OC)cc3)C2=O)cc(OC)c1OCCC. The number of anilines is 1. The molecule has 2 aromatic rings. The van der Waals surface area contributed by atoms with E-state index in [2.05, 4.69) is 11.9 Å². The Morgan fingerprint density at radius 1 is 1.06 bits per heavy atom. The summed E-state index contributed by atoms with van der Waals surface area (Å²) in [7, 11) is 3.03. The highest BCUT2D eigenvalue weighted by molar-refractivity contribution is 6.39. The highest BCUT2D eigenvalue weighted by atomic mass is 16.5. The molecule has 0 unspecified atom stereocenters. The van der Waals surface area contributed by atoms with Crippen molar-refractivity contribution in [2.24, 2.45) is 0 Å². The standard InChI is InChI=1S/C25H26N2O6/c1-5-7-17-13-16(15-21(32-4)22(17)33-12-6-2)14-20-23(28)26-25(30)27(24(20)29)18-8-10-19(31-3)11-9-18/h5,8-11,13-15H,1,6-7,12H2,2-4H3,(H,26,28,30)/b20-14+. The predicted octanol–water partition coefficient (Wildman–Crippen LogP) is 3.89. The number of carbonyl (C=O) groups is 3. The fourth-order valence-corrected chi connectivity index (χ4v) is 3.38. The number of imide groups is 2. The first-order valence-corrected chi connectivity index (χ1v) is 10.4. The van der Waals surface area contributed by atoms with Crippen LogP contribution in [0.1, 0.15) is 24.5 Å². The van der Waals surface area contributed by atoms with E-state index in [0.29, 0.717) is 41.5 Å². The van der Waals surface area contributed by atoms with E-state index < -0.39 is 17.8 Å². The molecule has 0 radical (unpaired) electrons. The van der Waals surface area contributed by atoms with Gasteiger partial charge in [-0.2, -0.15) is 0 Å². The number of allylic oxidation sites excluding steroid dienone is 1. The molecule has 0 aromatic heterocycles. The molecule has 8 heteroatoms. The van der Waals surface area contributed by atoms with Gasteiger partial charge in [0.25, 0.3) is 11.8 Å². The Bertz CT molecular complexity index is 1100. The summed E-state index contributed by atoms with van der Waals surface area (Å²) in [5, 5.41) is 2.22. The second kappa shape index (κ2) is 10.5. The Labute approximate surface area is 192 Å². The van der Waals surface area contributed by atoms with Gasteiger partial charge in [-0.25, -0.2) is 9.69 Å². The lowest BCUT2D eigenvalue weighted by Gasteiger charge is -2.26. The zero-order valence-corrected chi connectivity index (χ0v) is 18.8. The van der Waals surface area contributed by atoms with E-state index in [4.69, 9.17) is 14.2 Å². The van der Waals surface area contributed by atoms with Crippen molar-refractivity contribution < 1.29 is 28.6 Å². The first kappa shape index (κ1) is 23.6. The molecule has 33 heavy (non-hydrogen) atoms. The van der Waals surface area contributed by atoms with Crippen LogP contribution in [-0.4, -0.2) is 38.7 Å². The molecule has 1 heterocycles. The van der Waals surface area contributed by atoms with E-state index in [9.17, 15) is 14.4 Å². The van der Waals surface area contributed by atoms with Gasteiger partial charge < -0.3 is 14.2 Å². The summed E-state index contributed by atoms with van der Waals surface area (Å²) >= 11 is 0. The quantitative estimate of drug-likeness (QED) is 0.354. The molecule has 8 nitrogen and oxygen atoms in total. The Morgan fingerprint density at radius 2 is 1.79 bits per heavy atom. The number of nitrogens with zero attached hydrogens (tertiary/aromatic N) is 1. The summed E-state index contributed by atoms with van der Waals surface area (Å²) in [6.45, 7) is 6.30. The third-order valence-electron chi connectivity index (χ3n) is 4.93. The molecule has 1 fully saturated rings. The number of nitrogens with one attached hydrogen (secondary N) is 1. The van der Waals surface area contributed by atoms with Gasteiger partial charge in [-0.05, 0) is 60.9 Å². The Hall–Kier alpha value is -4.07. The monoisotopic (exact) mass is 450 g/mol. The van der Waals surface area contributed by atoms with Crippen molar-refractivity contribution in [1.82, 2.24) is 5.32 Å². The number of barbiturate groups is 1. The minimum atomic E-state index is -0.819. The molecule has 0 saturated carbocycles. The molecule has 3 rings (SSSR count). The smallest absolute Gasteiger partial charge is 0.335 e. The second-order valence-electron chi connectivity index (χ2n) is 7.21. The number of rotatable bonds is 9. The number of ether oxygens (including phenoxy) is 3. The summed E-state index contributed by atoms with van der Waals surface area (Å²) < 4.78 is 16.5. The minimum absolute atomic E-state index is 0.181. The van der Waals surface area contributed by atoms with Gasteiger partial charge in [0.2, 0.25) is 0 Å². The lowest BCUT2D eigenvalue weighted by Crippen LogP contribution is -2.54. The number of urea groups is 1. The molecule has 2 aromatic carbocycles. The minimum Gasteiger partial charge on any atom is -0.497 e. The lowest BCUT2D eigenvalue weighted by atomic mass is 10.0. The number of amides is 4. The van der Waals surface area contributed by atoms with Crippen molar-refractivity contribution in [3.8, 4) is 17.2 Å². The Balaban J connectivity index is 2.03. The molecule has 0 bridgehead atoms. The van der Waals surface area contributed by atoms with Crippen LogP contribution in [0.15, 0.2) is 54.6 Å². The van der Waals surface area contributed by atoms with E-state index >= 15 is 0 Å². The third kappa shape index (κ3) is 5.06. The summed E-state index contributed by atoms with van der Waals surface area (Å²) in [6.07, 6.45) is 4.49.